The highest BCUT2D eigenvalue weighted by Crippen LogP contribution is 2.23. The van der Waals surface area contributed by atoms with E-state index in [1.807, 2.05) is 6.20 Å². The van der Waals surface area contributed by atoms with Crippen LogP contribution in [0.15, 0.2) is 11.4 Å². The summed E-state index contributed by atoms with van der Waals surface area (Å²) in [7, 11) is 0. The number of aromatic nitrogens is 2. The molecular weight excluding hydrogens is 192 g/mol. The average molecular weight is 212 g/mol. The summed E-state index contributed by atoms with van der Waals surface area (Å²) in [6.07, 6.45) is 1.95. The molecule has 0 atom stereocenters. The Hall–Kier alpha value is -0.440. The molecule has 0 aromatic carbocycles. The minimum absolute atomic E-state index is 0.170. The van der Waals surface area contributed by atoms with Gasteiger partial charge in [0.1, 0.15) is 0 Å². The molecule has 0 aliphatic heterocycles. The summed E-state index contributed by atoms with van der Waals surface area (Å²) < 4.78 is 0. The van der Waals surface area contributed by atoms with Crippen molar-refractivity contribution < 1.29 is 0 Å². The van der Waals surface area contributed by atoms with Gasteiger partial charge in [-0.05, 0) is 5.92 Å². The SMILES string of the molecule is CC(C)CSc1ncc(C(C)(C)C)[nH]1. The smallest absolute Gasteiger partial charge is 0.165 e. The van der Waals surface area contributed by atoms with Crippen LogP contribution in [0.2, 0.25) is 0 Å². The summed E-state index contributed by atoms with van der Waals surface area (Å²) in [6, 6.07) is 0. The molecule has 1 aromatic rings. The van der Waals surface area contributed by atoms with Crippen LogP contribution in [0.1, 0.15) is 40.3 Å². The molecule has 3 heteroatoms. The number of hydrogen-bond acceptors (Lipinski definition) is 2. The maximum atomic E-state index is 4.36. The molecular formula is C11H20N2S. The van der Waals surface area contributed by atoms with Crippen LogP contribution in [-0.4, -0.2) is 15.7 Å². The van der Waals surface area contributed by atoms with E-state index in [-0.39, 0.29) is 5.41 Å². The first-order chi connectivity index (χ1) is 6.39. The largest absolute Gasteiger partial charge is 0.336 e. The van der Waals surface area contributed by atoms with Crippen molar-refractivity contribution in [1.82, 2.24) is 9.97 Å². The molecule has 14 heavy (non-hydrogen) atoms. The van der Waals surface area contributed by atoms with E-state index in [2.05, 4.69) is 44.6 Å². The van der Waals surface area contributed by atoms with Gasteiger partial charge in [0, 0.05) is 23.1 Å². The van der Waals surface area contributed by atoms with Gasteiger partial charge >= 0.3 is 0 Å². The third-order valence-corrected chi connectivity index (χ3v) is 3.23. The molecule has 1 rings (SSSR count). The average Bonchev–Trinajstić information content (AvgIpc) is 2.47. The number of rotatable bonds is 3. The fourth-order valence-corrected chi connectivity index (χ4v) is 1.80. The second kappa shape index (κ2) is 4.39. The zero-order valence-corrected chi connectivity index (χ0v) is 10.5. The molecule has 0 amide bonds. The standard InChI is InChI=1S/C11H20N2S/c1-8(2)7-14-10-12-6-9(13-10)11(3,4)5/h6,8H,7H2,1-5H3,(H,12,13). The molecule has 0 spiro atoms. The summed E-state index contributed by atoms with van der Waals surface area (Å²) in [5, 5.41) is 1.05. The molecule has 0 aliphatic carbocycles. The van der Waals surface area contributed by atoms with Crippen molar-refractivity contribution in [3.63, 3.8) is 0 Å². The Labute approximate surface area is 90.9 Å². The first-order valence-electron chi connectivity index (χ1n) is 5.08. The van der Waals surface area contributed by atoms with Crippen LogP contribution in [0.4, 0.5) is 0 Å². The molecule has 0 bridgehead atoms. The third-order valence-electron chi connectivity index (χ3n) is 1.91. The van der Waals surface area contributed by atoms with Crippen LogP contribution < -0.4 is 0 Å². The van der Waals surface area contributed by atoms with Crippen LogP contribution in [-0.2, 0) is 5.41 Å². The van der Waals surface area contributed by atoms with Crippen LogP contribution in [0, 0.1) is 5.92 Å². The van der Waals surface area contributed by atoms with Gasteiger partial charge in [-0.15, -0.1) is 0 Å². The summed E-state index contributed by atoms with van der Waals surface area (Å²) in [4.78, 5) is 7.72. The van der Waals surface area contributed by atoms with Crippen molar-refractivity contribution in [2.24, 2.45) is 5.92 Å². The molecule has 0 unspecified atom stereocenters. The van der Waals surface area contributed by atoms with Gasteiger partial charge in [0.05, 0.1) is 0 Å². The van der Waals surface area contributed by atoms with Gasteiger partial charge < -0.3 is 4.98 Å². The molecule has 0 aliphatic rings. The third kappa shape index (κ3) is 3.37. The number of thioether (sulfide) groups is 1. The predicted octanol–water partition coefficient (Wildman–Crippen LogP) is 3.46. The second-order valence-electron chi connectivity index (χ2n) is 5.06. The second-order valence-corrected chi connectivity index (χ2v) is 6.07. The van der Waals surface area contributed by atoms with Crippen molar-refractivity contribution in [3.8, 4) is 0 Å². The molecule has 0 saturated heterocycles. The fourth-order valence-electron chi connectivity index (χ4n) is 1.00. The van der Waals surface area contributed by atoms with E-state index >= 15 is 0 Å². The lowest BCUT2D eigenvalue weighted by molar-refractivity contribution is 0.569. The van der Waals surface area contributed by atoms with Crippen LogP contribution in [0.3, 0.4) is 0 Å². The highest BCUT2D eigenvalue weighted by Gasteiger charge is 2.16. The van der Waals surface area contributed by atoms with Gasteiger partial charge in [0.2, 0.25) is 0 Å². The quantitative estimate of drug-likeness (QED) is 0.777. The van der Waals surface area contributed by atoms with Gasteiger partial charge in [-0.25, -0.2) is 4.98 Å². The number of nitrogens with one attached hydrogen (secondary N) is 1. The van der Waals surface area contributed by atoms with Crippen LogP contribution in [0.25, 0.3) is 0 Å². The highest BCUT2D eigenvalue weighted by atomic mass is 32.2. The van der Waals surface area contributed by atoms with E-state index in [4.69, 9.17) is 0 Å². The predicted molar refractivity (Wildman–Crippen MR) is 62.8 cm³/mol. The Morgan fingerprint density at radius 1 is 1.43 bits per heavy atom. The zero-order chi connectivity index (χ0) is 10.8. The molecule has 1 aromatic heterocycles. The van der Waals surface area contributed by atoms with Crippen molar-refractivity contribution in [1.29, 1.82) is 0 Å². The molecule has 1 heterocycles. The maximum Gasteiger partial charge on any atom is 0.165 e. The zero-order valence-electron chi connectivity index (χ0n) is 9.72. The number of nitrogens with zero attached hydrogens (tertiary/aromatic N) is 1. The molecule has 0 fully saturated rings. The number of hydrogen-bond donors (Lipinski definition) is 1. The lowest BCUT2D eigenvalue weighted by atomic mass is 9.93. The Balaban J connectivity index is 2.60. The van der Waals surface area contributed by atoms with Crippen molar-refractivity contribution >= 4 is 11.8 Å². The van der Waals surface area contributed by atoms with E-state index in [1.165, 1.54) is 5.69 Å². The molecule has 1 N–H and O–H groups in total. The van der Waals surface area contributed by atoms with E-state index in [9.17, 15) is 0 Å². The van der Waals surface area contributed by atoms with E-state index < -0.39 is 0 Å². The van der Waals surface area contributed by atoms with Gasteiger partial charge in [0.15, 0.2) is 5.16 Å². The minimum atomic E-state index is 0.170. The Morgan fingerprint density at radius 2 is 2.07 bits per heavy atom. The van der Waals surface area contributed by atoms with E-state index in [0.717, 1.165) is 10.9 Å². The highest BCUT2D eigenvalue weighted by molar-refractivity contribution is 7.99. The van der Waals surface area contributed by atoms with Crippen molar-refractivity contribution in [2.75, 3.05) is 5.75 Å². The minimum Gasteiger partial charge on any atom is -0.336 e. The first-order valence-corrected chi connectivity index (χ1v) is 6.06. The summed E-state index contributed by atoms with van der Waals surface area (Å²) in [5.74, 6) is 1.83. The van der Waals surface area contributed by atoms with E-state index in [1.54, 1.807) is 11.8 Å². The van der Waals surface area contributed by atoms with Gasteiger partial charge in [-0.1, -0.05) is 46.4 Å². The molecule has 80 valence electrons. The summed E-state index contributed by atoms with van der Waals surface area (Å²) >= 11 is 1.80. The van der Waals surface area contributed by atoms with Crippen LogP contribution >= 0.6 is 11.8 Å². The number of aromatic amines is 1. The molecule has 0 radical (unpaired) electrons. The van der Waals surface area contributed by atoms with E-state index in [0.29, 0.717) is 5.92 Å². The molecule has 0 saturated carbocycles. The Bertz CT molecular complexity index is 284. The molecule has 2 nitrogen and oxygen atoms in total. The first kappa shape index (κ1) is 11.6. The Kier molecular flexibility index (Phi) is 3.65. The fraction of sp³-hybridized carbons (Fsp3) is 0.727. The summed E-state index contributed by atoms with van der Waals surface area (Å²) in [5.41, 5.74) is 1.38. The maximum absolute atomic E-state index is 4.36. The lowest BCUT2D eigenvalue weighted by Crippen LogP contribution is -2.11. The van der Waals surface area contributed by atoms with Gasteiger partial charge in [-0.3, -0.25) is 0 Å². The number of H-pyrrole nitrogens is 1. The van der Waals surface area contributed by atoms with Gasteiger partial charge in [0.25, 0.3) is 0 Å². The normalized spacial score (nSPS) is 12.4. The lowest BCUT2D eigenvalue weighted by Gasteiger charge is -2.15. The monoisotopic (exact) mass is 212 g/mol. The Morgan fingerprint density at radius 3 is 2.50 bits per heavy atom. The van der Waals surface area contributed by atoms with Crippen LogP contribution in [0.5, 0.6) is 0 Å². The number of imidazole rings is 1. The van der Waals surface area contributed by atoms with Gasteiger partial charge in [-0.2, -0.15) is 0 Å². The van der Waals surface area contributed by atoms with Crippen molar-refractivity contribution in [3.05, 3.63) is 11.9 Å². The van der Waals surface area contributed by atoms with Crippen molar-refractivity contribution in [2.45, 2.75) is 45.2 Å². The topological polar surface area (TPSA) is 28.7 Å². The summed E-state index contributed by atoms with van der Waals surface area (Å²) in [6.45, 7) is 11.0.